The fraction of sp³-hybridized carbons (Fsp3) is 0.263. The van der Waals surface area contributed by atoms with Crippen LogP contribution in [-0.2, 0) is 7.05 Å². The molecule has 1 unspecified atom stereocenters. The second kappa shape index (κ2) is 9.52. The van der Waals surface area contributed by atoms with Crippen LogP contribution in [0.1, 0.15) is 0 Å². The van der Waals surface area contributed by atoms with Gasteiger partial charge in [-0.3, -0.25) is 0 Å². The van der Waals surface area contributed by atoms with E-state index in [0.717, 1.165) is 17.1 Å². The fourth-order valence-corrected chi connectivity index (χ4v) is 3.58. The average molecular weight is 440 g/mol. The van der Waals surface area contributed by atoms with Gasteiger partial charge < -0.3 is 19.1 Å². The SMILES string of the molecule is COc1ccc(-c2nnc(SCC(O)COc3cc(Cl)ccc3Cl)n2C)cc1. The predicted molar refractivity (Wildman–Crippen MR) is 112 cm³/mol. The minimum absolute atomic E-state index is 0.0935. The van der Waals surface area contributed by atoms with E-state index in [-0.39, 0.29) is 6.61 Å². The van der Waals surface area contributed by atoms with Gasteiger partial charge in [-0.1, -0.05) is 35.0 Å². The molecule has 0 saturated carbocycles. The quantitative estimate of drug-likeness (QED) is 0.526. The van der Waals surface area contributed by atoms with Crippen molar-refractivity contribution in [2.24, 2.45) is 7.05 Å². The van der Waals surface area contributed by atoms with Crippen LogP contribution < -0.4 is 9.47 Å². The van der Waals surface area contributed by atoms with E-state index in [1.54, 1.807) is 25.3 Å². The summed E-state index contributed by atoms with van der Waals surface area (Å²) in [4.78, 5) is 0. The number of ether oxygens (including phenoxy) is 2. The third-order valence-electron chi connectivity index (χ3n) is 3.91. The van der Waals surface area contributed by atoms with Crippen molar-refractivity contribution in [3.8, 4) is 22.9 Å². The first kappa shape index (κ1) is 20.8. The fourth-order valence-electron chi connectivity index (χ4n) is 2.42. The number of aliphatic hydroxyl groups is 1. The Bertz CT molecular complexity index is 935. The summed E-state index contributed by atoms with van der Waals surface area (Å²) in [5.74, 6) is 2.36. The molecule has 0 fully saturated rings. The van der Waals surface area contributed by atoms with Crippen LogP contribution in [0, 0.1) is 0 Å². The zero-order chi connectivity index (χ0) is 20.1. The largest absolute Gasteiger partial charge is 0.497 e. The second-order valence-corrected chi connectivity index (χ2v) is 7.78. The Morgan fingerprint density at radius 3 is 2.61 bits per heavy atom. The summed E-state index contributed by atoms with van der Waals surface area (Å²) in [6, 6.07) is 12.5. The number of aromatic nitrogens is 3. The van der Waals surface area contributed by atoms with E-state index < -0.39 is 6.10 Å². The molecule has 148 valence electrons. The molecular formula is C19H19Cl2N3O3S. The van der Waals surface area contributed by atoms with Gasteiger partial charge in [0.25, 0.3) is 0 Å². The average Bonchev–Trinajstić information content (AvgIpc) is 3.07. The summed E-state index contributed by atoms with van der Waals surface area (Å²) in [6.07, 6.45) is -0.707. The van der Waals surface area contributed by atoms with E-state index >= 15 is 0 Å². The van der Waals surface area contributed by atoms with Crippen LogP contribution in [0.25, 0.3) is 11.4 Å². The predicted octanol–water partition coefficient (Wildman–Crippen LogP) is 4.33. The highest BCUT2D eigenvalue weighted by molar-refractivity contribution is 7.99. The first-order chi connectivity index (χ1) is 13.5. The van der Waals surface area contributed by atoms with Crippen LogP contribution in [0.2, 0.25) is 10.0 Å². The second-order valence-electron chi connectivity index (χ2n) is 5.94. The number of halogens is 2. The molecule has 2 aromatic carbocycles. The summed E-state index contributed by atoms with van der Waals surface area (Å²) in [7, 11) is 3.51. The van der Waals surface area contributed by atoms with Gasteiger partial charge in [0.05, 0.1) is 18.2 Å². The first-order valence-electron chi connectivity index (χ1n) is 8.40. The van der Waals surface area contributed by atoms with Crippen molar-refractivity contribution in [3.05, 3.63) is 52.5 Å². The minimum atomic E-state index is -0.707. The van der Waals surface area contributed by atoms with E-state index in [0.29, 0.717) is 26.7 Å². The van der Waals surface area contributed by atoms with Crippen molar-refractivity contribution in [2.75, 3.05) is 19.5 Å². The van der Waals surface area contributed by atoms with Gasteiger partial charge in [0.2, 0.25) is 0 Å². The number of rotatable bonds is 8. The zero-order valence-corrected chi connectivity index (χ0v) is 17.6. The number of thioether (sulfide) groups is 1. The van der Waals surface area contributed by atoms with Crippen LogP contribution in [0.5, 0.6) is 11.5 Å². The van der Waals surface area contributed by atoms with Gasteiger partial charge in [-0.15, -0.1) is 10.2 Å². The Kier molecular flexibility index (Phi) is 7.07. The Hall–Kier alpha value is -1.93. The molecule has 0 bridgehead atoms. The van der Waals surface area contributed by atoms with Gasteiger partial charge in [-0.2, -0.15) is 0 Å². The molecule has 0 radical (unpaired) electrons. The molecule has 1 aromatic heterocycles. The van der Waals surface area contributed by atoms with Crippen LogP contribution in [0.4, 0.5) is 0 Å². The molecule has 3 rings (SSSR count). The van der Waals surface area contributed by atoms with Gasteiger partial charge in [-0.25, -0.2) is 0 Å². The molecule has 6 nitrogen and oxygen atoms in total. The highest BCUT2D eigenvalue weighted by Crippen LogP contribution is 2.28. The summed E-state index contributed by atoms with van der Waals surface area (Å²) in [5, 5.41) is 20.3. The normalized spacial score (nSPS) is 12.0. The maximum atomic E-state index is 10.2. The van der Waals surface area contributed by atoms with Crippen LogP contribution in [0.15, 0.2) is 47.6 Å². The monoisotopic (exact) mass is 439 g/mol. The van der Waals surface area contributed by atoms with E-state index in [2.05, 4.69) is 10.2 Å². The van der Waals surface area contributed by atoms with Crippen molar-refractivity contribution in [2.45, 2.75) is 11.3 Å². The summed E-state index contributed by atoms with van der Waals surface area (Å²) in [5.41, 5.74) is 0.933. The molecule has 0 aliphatic rings. The highest BCUT2D eigenvalue weighted by Gasteiger charge is 2.14. The Balaban J connectivity index is 1.57. The van der Waals surface area contributed by atoms with Crippen molar-refractivity contribution >= 4 is 35.0 Å². The topological polar surface area (TPSA) is 69.4 Å². The Morgan fingerprint density at radius 1 is 1.14 bits per heavy atom. The maximum Gasteiger partial charge on any atom is 0.191 e. The first-order valence-corrected chi connectivity index (χ1v) is 10.1. The van der Waals surface area contributed by atoms with E-state index in [4.69, 9.17) is 32.7 Å². The maximum absolute atomic E-state index is 10.2. The molecule has 0 aliphatic carbocycles. The van der Waals surface area contributed by atoms with Gasteiger partial charge in [0.1, 0.15) is 18.1 Å². The third-order valence-corrected chi connectivity index (χ3v) is 5.62. The van der Waals surface area contributed by atoms with E-state index in [9.17, 15) is 5.11 Å². The number of aliphatic hydroxyl groups excluding tert-OH is 1. The molecule has 1 heterocycles. The van der Waals surface area contributed by atoms with Crippen LogP contribution >= 0.6 is 35.0 Å². The molecule has 0 saturated heterocycles. The molecule has 1 N–H and O–H groups in total. The highest BCUT2D eigenvalue weighted by atomic mass is 35.5. The van der Waals surface area contributed by atoms with E-state index in [1.165, 1.54) is 11.8 Å². The van der Waals surface area contributed by atoms with E-state index in [1.807, 2.05) is 35.9 Å². The van der Waals surface area contributed by atoms with Crippen molar-refractivity contribution in [1.82, 2.24) is 14.8 Å². The molecule has 0 aliphatic heterocycles. The molecular weight excluding hydrogens is 421 g/mol. The molecule has 3 aromatic rings. The Labute approximate surface area is 177 Å². The molecule has 0 amide bonds. The van der Waals surface area contributed by atoms with Gasteiger partial charge in [0.15, 0.2) is 11.0 Å². The van der Waals surface area contributed by atoms with Crippen LogP contribution in [0.3, 0.4) is 0 Å². The molecule has 9 heteroatoms. The lowest BCUT2D eigenvalue weighted by molar-refractivity contribution is 0.126. The number of hydrogen-bond acceptors (Lipinski definition) is 6. The lowest BCUT2D eigenvalue weighted by Gasteiger charge is -2.13. The number of benzene rings is 2. The third kappa shape index (κ3) is 5.11. The Morgan fingerprint density at radius 2 is 1.89 bits per heavy atom. The van der Waals surface area contributed by atoms with Gasteiger partial charge >= 0.3 is 0 Å². The summed E-state index contributed by atoms with van der Waals surface area (Å²) in [6.45, 7) is 0.0935. The van der Waals surface area contributed by atoms with Crippen molar-refractivity contribution < 1.29 is 14.6 Å². The minimum Gasteiger partial charge on any atom is -0.497 e. The van der Waals surface area contributed by atoms with Gasteiger partial charge in [-0.05, 0) is 36.4 Å². The summed E-state index contributed by atoms with van der Waals surface area (Å²) < 4.78 is 12.6. The van der Waals surface area contributed by atoms with Crippen molar-refractivity contribution in [3.63, 3.8) is 0 Å². The smallest absolute Gasteiger partial charge is 0.191 e. The van der Waals surface area contributed by atoms with Gasteiger partial charge in [0, 0.05) is 29.5 Å². The lowest BCUT2D eigenvalue weighted by atomic mass is 10.2. The van der Waals surface area contributed by atoms with Crippen LogP contribution in [-0.4, -0.2) is 45.4 Å². The molecule has 0 spiro atoms. The number of hydrogen-bond donors (Lipinski definition) is 1. The number of nitrogens with zero attached hydrogens (tertiary/aromatic N) is 3. The standard InChI is InChI=1S/C19H19Cl2N3O3S/c1-24-18(12-3-6-15(26-2)7-4-12)22-23-19(24)28-11-14(25)10-27-17-9-13(20)5-8-16(17)21/h3-9,14,25H,10-11H2,1-2H3. The summed E-state index contributed by atoms with van der Waals surface area (Å²) >= 11 is 13.4. The lowest BCUT2D eigenvalue weighted by Crippen LogP contribution is -2.20. The zero-order valence-electron chi connectivity index (χ0n) is 15.3. The van der Waals surface area contributed by atoms with Crippen molar-refractivity contribution in [1.29, 1.82) is 0 Å². The molecule has 1 atom stereocenters. The number of methoxy groups -OCH3 is 1. The molecule has 28 heavy (non-hydrogen) atoms.